The first-order valence-corrected chi connectivity index (χ1v) is 10.7. The second-order valence-corrected chi connectivity index (χ2v) is 7.85. The lowest BCUT2D eigenvalue weighted by atomic mass is 10.0. The molecule has 2 aromatic carbocycles. The Morgan fingerprint density at radius 2 is 1.81 bits per heavy atom. The third-order valence-corrected chi connectivity index (χ3v) is 5.68. The molecule has 0 unspecified atom stereocenters. The summed E-state index contributed by atoms with van der Waals surface area (Å²) in [4.78, 5) is 14.8. The van der Waals surface area contributed by atoms with E-state index in [1.807, 2.05) is 18.2 Å². The largest absolute Gasteiger partial charge is 0.496 e. The van der Waals surface area contributed by atoms with Crippen LogP contribution in [-0.4, -0.2) is 51.3 Å². The number of hydrogen-bond acceptors (Lipinski definition) is 5. The van der Waals surface area contributed by atoms with Gasteiger partial charge in [0.05, 0.1) is 26.4 Å². The monoisotopic (exact) mass is 444 g/mol. The number of hydrogen-bond donors (Lipinski definition) is 1. The molecule has 0 saturated carbocycles. The van der Waals surface area contributed by atoms with E-state index < -0.39 is 0 Å². The summed E-state index contributed by atoms with van der Waals surface area (Å²) in [5.74, 6) is 1.80. The number of piperidine rings is 1. The number of likely N-dealkylation sites (tertiary alicyclic amines) is 1. The minimum Gasteiger partial charge on any atom is -0.496 e. The summed E-state index contributed by atoms with van der Waals surface area (Å²) in [6.45, 7) is 2.71. The lowest BCUT2D eigenvalue weighted by Gasteiger charge is -2.32. The molecular formula is C24H29ClN2O4. The molecule has 1 aliphatic rings. The average molecular weight is 445 g/mol. The van der Waals surface area contributed by atoms with Crippen LogP contribution in [0.3, 0.4) is 0 Å². The van der Waals surface area contributed by atoms with Crippen LogP contribution in [0.25, 0.3) is 6.08 Å². The molecule has 1 heterocycles. The van der Waals surface area contributed by atoms with E-state index in [-0.39, 0.29) is 11.9 Å². The van der Waals surface area contributed by atoms with E-state index in [1.54, 1.807) is 32.4 Å². The van der Waals surface area contributed by atoms with Gasteiger partial charge in [-0.25, -0.2) is 0 Å². The van der Waals surface area contributed by atoms with E-state index in [2.05, 4.69) is 16.3 Å². The second-order valence-electron chi connectivity index (χ2n) is 7.44. The van der Waals surface area contributed by atoms with Crippen LogP contribution in [0.1, 0.15) is 24.0 Å². The summed E-state index contributed by atoms with van der Waals surface area (Å²) >= 11 is 6.22. The zero-order chi connectivity index (χ0) is 22.2. The molecule has 31 heavy (non-hydrogen) atoms. The Bertz CT molecular complexity index is 924. The van der Waals surface area contributed by atoms with Crippen molar-refractivity contribution in [1.29, 1.82) is 0 Å². The molecule has 1 aliphatic heterocycles. The lowest BCUT2D eigenvalue weighted by Crippen LogP contribution is -2.43. The van der Waals surface area contributed by atoms with E-state index in [9.17, 15) is 4.79 Å². The highest BCUT2D eigenvalue weighted by Crippen LogP contribution is 2.36. The lowest BCUT2D eigenvalue weighted by molar-refractivity contribution is -0.117. The summed E-state index contributed by atoms with van der Waals surface area (Å²) in [7, 11) is 4.78. The fourth-order valence-corrected chi connectivity index (χ4v) is 4.06. The van der Waals surface area contributed by atoms with Crippen molar-refractivity contribution in [2.45, 2.75) is 25.4 Å². The highest BCUT2D eigenvalue weighted by atomic mass is 35.5. The third kappa shape index (κ3) is 6.15. The summed E-state index contributed by atoms with van der Waals surface area (Å²) in [5.41, 5.74) is 1.95. The summed E-state index contributed by atoms with van der Waals surface area (Å²) in [6, 6.07) is 11.8. The molecule has 0 bridgehead atoms. The number of benzene rings is 2. The van der Waals surface area contributed by atoms with Gasteiger partial charge >= 0.3 is 0 Å². The Morgan fingerprint density at radius 1 is 1.10 bits per heavy atom. The number of amides is 1. The fourth-order valence-electron chi connectivity index (χ4n) is 3.77. The number of para-hydroxylation sites is 1. The van der Waals surface area contributed by atoms with E-state index in [4.69, 9.17) is 25.8 Å². The van der Waals surface area contributed by atoms with Gasteiger partial charge in [0.25, 0.3) is 0 Å². The van der Waals surface area contributed by atoms with E-state index in [0.29, 0.717) is 16.5 Å². The van der Waals surface area contributed by atoms with Crippen LogP contribution < -0.4 is 19.5 Å². The first kappa shape index (κ1) is 23.0. The van der Waals surface area contributed by atoms with Crippen LogP contribution in [-0.2, 0) is 11.3 Å². The predicted molar refractivity (Wildman–Crippen MR) is 123 cm³/mol. The Labute approximate surface area is 188 Å². The molecular weight excluding hydrogens is 416 g/mol. The maximum atomic E-state index is 12.4. The first-order chi connectivity index (χ1) is 15.0. The van der Waals surface area contributed by atoms with Gasteiger partial charge in [-0.2, -0.15) is 0 Å². The van der Waals surface area contributed by atoms with E-state index in [1.165, 1.54) is 18.7 Å². The van der Waals surface area contributed by atoms with Crippen LogP contribution in [0.5, 0.6) is 17.2 Å². The van der Waals surface area contributed by atoms with Crippen molar-refractivity contribution in [1.82, 2.24) is 10.2 Å². The Kier molecular flexibility index (Phi) is 8.20. The van der Waals surface area contributed by atoms with Crippen molar-refractivity contribution in [3.8, 4) is 17.2 Å². The number of carbonyl (C=O) groups is 1. The number of nitrogens with zero attached hydrogens (tertiary/aromatic N) is 1. The van der Waals surface area contributed by atoms with Crippen molar-refractivity contribution in [2.24, 2.45) is 0 Å². The van der Waals surface area contributed by atoms with E-state index >= 15 is 0 Å². The molecule has 3 rings (SSSR count). The van der Waals surface area contributed by atoms with Gasteiger partial charge in [0.2, 0.25) is 5.91 Å². The third-order valence-electron chi connectivity index (χ3n) is 5.40. The first-order valence-electron chi connectivity index (χ1n) is 10.3. The maximum absolute atomic E-state index is 12.4. The average Bonchev–Trinajstić information content (AvgIpc) is 2.79. The predicted octanol–water partition coefficient (Wildman–Crippen LogP) is 4.16. The van der Waals surface area contributed by atoms with Crippen molar-refractivity contribution < 1.29 is 19.0 Å². The Balaban J connectivity index is 1.50. The fraction of sp³-hybridized carbons (Fsp3) is 0.375. The molecule has 0 radical (unpaired) electrons. The molecule has 0 aromatic heterocycles. The van der Waals surface area contributed by atoms with Gasteiger partial charge < -0.3 is 19.5 Å². The number of ether oxygens (including phenoxy) is 3. The SMILES string of the molecule is COc1ccccc1CN1CCC(NC(=O)C=Cc2cc(Cl)c(OC)c(OC)c2)CC1. The number of carbonyl (C=O) groups excluding carboxylic acids is 1. The highest BCUT2D eigenvalue weighted by molar-refractivity contribution is 6.32. The van der Waals surface area contributed by atoms with Gasteiger partial charge in [0.15, 0.2) is 11.5 Å². The Morgan fingerprint density at radius 3 is 2.48 bits per heavy atom. The molecule has 0 aliphatic carbocycles. The molecule has 1 N–H and O–H groups in total. The van der Waals surface area contributed by atoms with Crippen molar-refractivity contribution in [3.05, 3.63) is 58.6 Å². The molecule has 1 fully saturated rings. The molecule has 6 nitrogen and oxygen atoms in total. The van der Waals surface area contributed by atoms with Crippen molar-refractivity contribution >= 4 is 23.6 Å². The van der Waals surface area contributed by atoms with Crippen LogP contribution in [0.4, 0.5) is 0 Å². The van der Waals surface area contributed by atoms with E-state index in [0.717, 1.165) is 43.8 Å². The quantitative estimate of drug-likeness (QED) is 0.619. The van der Waals surface area contributed by atoms with Crippen LogP contribution >= 0.6 is 11.6 Å². The maximum Gasteiger partial charge on any atom is 0.244 e. The van der Waals surface area contributed by atoms with Gasteiger partial charge in [-0.3, -0.25) is 9.69 Å². The molecule has 2 aromatic rings. The Hall–Kier alpha value is -2.70. The molecule has 166 valence electrons. The molecule has 0 atom stereocenters. The normalized spacial score (nSPS) is 15.1. The minimum absolute atomic E-state index is 0.117. The standard InChI is InChI=1S/C24H29ClN2O4/c1-29-21-7-5-4-6-18(21)16-27-12-10-19(11-13-27)26-23(28)9-8-17-14-20(25)24(31-3)22(15-17)30-2/h4-9,14-15,19H,10-13,16H2,1-3H3,(H,26,28). The van der Waals surface area contributed by atoms with Crippen molar-refractivity contribution in [2.75, 3.05) is 34.4 Å². The molecule has 7 heteroatoms. The summed E-state index contributed by atoms with van der Waals surface area (Å²) in [5, 5.41) is 3.53. The summed E-state index contributed by atoms with van der Waals surface area (Å²) < 4.78 is 16.0. The van der Waals surface area contributed by atoms with Crippen LogP contribution in [0.2, 0.25) is 5.02 Å². The van der Waals surface area contributed by atoms with Gasteiger partial charge in [0.1, 0.15) is 5.75 Å². The minimum atomic E-state index is -0.117. The smallest absolute Gasteiger partial charge is 0.244 e. The van der Waals surface area contributed by atoms with Gasteiger partial charge in [-0.1, -0.05) is 29.8 Å². The van der Waals surface area contributed by atoms with Gasteiger partial charge in [-0.05, 0) is 42.7 Å². The zero-order valence-electron chi connectivity index (χ0n) is 18.2. The zero-order valence-corrected chi connectivity index (χ0v) is 18.9. The number of halogens is 1. The number of methoxy groups -OCH3 is 3. The van der Waals surface area contributed by atoms with Crippen LogP contribution in [0, 0.1) is 0 Å². The van der Waals surface area contributed by atoms with Gasteiger partial charge in [0, 0.05) is 37.3 Å². The number of nitrogens with one attached hydrogen (secondary N) is 1. The summed E-state index contributed by atoms with van der Waals surface area (Å²) in [6.07, 6.45) is 5.08. The number of rotatable bonds is 8. The topological polar surface area (TPSA) is 60.0 Å². The highest BCUT2D eigenvalue weighted by Gasteiger charge is 2.21. The molecule has 0 spiro atoms. The molecule has 1 amide bonds. The van der Waals surface area contributed by atoms with Crippen LogP contribution in [0.15, 0.2) is 42.5 Å². The van der Waals surface area contributed by atoms with Crippen molar-refractivity contribution in [3.63, 3.8) is 0 Å². The van der Waals surface area contributed by atoms with Gasteiger partial charge in [-0.15, -0.1) is 0 Å². The molecule has 1 saturated heterocycles. The second kappa shape index (κ2) is 11.1.